The van der Waals surface area contributed by atoms with Crippen LogP contribution in [-0.4, -0.2) is 28.8 Å². The molecule has 0 bridgehead atoms. The Kier molecular flexibility index (Phi) is 8.82. The first-order valence-corrected chi connectivity index (χ1v) is 9.69. The molecular weight excluding hydrogens is 465 g/mol. The van der Waals surface area contributed by atoms with E-state index in [9.17, 15) is 0 Å². The van der Waals surface area contributed by atoms with Crippen molar-refractivity contribution in [2.24, 2.45) is 4.99 Å². The fourth-order valence-corrected chi connectivity index (χ4v) is 2.97. The third-order valence-electron chi connectivity index (χ3n) is 4.45. The molecule has 3 aromatic rings. The lowest BCUT2D eigenvalue weighted by Crippen LogP contribution is -2.38. The Morgan fingerprint density at radius 3 is 2.79 bits per heavy atom. The number of nitrogens with zero attached hydrogens (tertiary/aromatic N) is 3. The summed E-state index contributed by atoms with van der Waals surface area (Å²) in [5.41, 5.74) is 2.25. The quantitative estimate of drug-likeness (QED) is 0.209. The van der Waals surface area contributed by atoms with E-state index in [1.165, 1.54) is 10.9 Å². The van der Waals surface area contributed by atoms with Crippen molar-refractivity contribution in [2.75, 3.05) is 13.1 Å². The smallest absolute Gasteiger partial charge is 0.191 e. The number of aliphatic imine (C=N–C) groups is 1. The second-order valence-corrected chi connectivity index (χ2v) is 6.92. The van der Waals surface area contributed by atoms with E-state index in [1.54, 1.807) is 0 Å². The summed E-state index contributed by atoms with van der Waals surface area (Å²) in [5.74, 6) is 1.95. The van der Waals surface area contributed by atoms with Crippen molar-refractivity contribution in [1.82, 2.24) is 20.4 Å². The van der Waals surface area contributed by atoms with Crippen LogP contribution in [0.3, 0.4) is 0 Å². The minimum atomic E-state index is 0. The molecule has 2 N–H and O–H groups in total. The van der Waals surface area contributed by atoms with Crippen LogP contribution in [0.25, 0.3) is 10.9 Å². The number of hydrogen-bond acceptors (Lipinski definition) is 3. The highest BCUT2D eigenvalue weighted by atomic mass is 127. The highest BCUT2D eigenvalue weighted by molar-refractivity contribution is 14.0. The highest BCUT2D eigenvalue weighted by Gasteiger charge is 2.07. The van der Waals surface area contributed by atoms with Gasteiger partial charge in [0.2, 0.25) is 0 Å². The van der Waals surface area contributed by atoms with Gasteiger partial charge in [-0.15, -0.1) is 24.0 Å². The summed E-state index contributed by atoms with van der Waals surface area (Å²) >= 11 is 0. The summed E-state index contributed by atoms with van der Waals surface area (Å²) in [7, 11) is 0. The van der Waals surface area contributed by atoms with E-state index in [0.717, 1.165) is 43.5 Å². The first kappa shape index (κ1) is 22.3. The number of aromatic nitrogens is 2. The molecule has 2 heterocycles. The van der Waals surface area contributed by atoms with Gasteiger partial charge in [-0.3, -0.25) is 0 Å². The van der Waals surface area contributed by atoms with E-state index in [1.807, 2.05) is 6.07 Å². The van der Waals surface area contributed by atoms with Crippen molar-refractivity contribution in [3.05, 3.63) is 54.0 Å². The minimum absolute atomic E-state index is 0. The standard InChI is InChI=1S/C21H29N5O.HI/c1-4-22-21(24-15-18-14-19(16(2)3)25-27-18)23-11-7-12-26-13-10-17-8-5-6-9-20(17)26;/h5-6,8-10,13-14,16H,4,7,11-12,15H2,1-3H3,(H2,22,23,24);1H. The van der Waals surface area contributed by atoms with E-state index in [4.69, 9.17) is 4.52 Å². The Labute approximate surface area is 183 Å². The van der Waals surface area contributed by atoms with Gasteiger partial charge in [-0.1, -0.05) is 37.2 Å². The summed E-state index contributed by atoms with van der Waals surface area (Å²) in [4.78, 5) is 4.59. The molecule has 1 aromatic carbocycles. The van der Waals surface area contributed by atoms with Gasteiger partial charge in [0.25, 0.3) is 0 Å². The molecule has 6 nitrogen and oxygen atoms in total. The molecule has 0 atom stereocenters. The van der Waals surface area contributed by atoms with Crippen LogP contribution in [0.4, 0.5) is 0 Å². The molecule has 0 amide bonds. The maximum absolute atomic E-state index is 5.35. The van der Waals surface area contributed by atoms with Gasteiger partial charge < -0.3 is 19.7 Å². The summed E-state index contributed by atoms with van der Waals surface area (Å²) in [6.45, 7) is 9.40. The molecule has 0 radical (unpaired) electrons. The van der Waals surface area contributed by atoms with Gasteiger partial charge in [0, 0.05) is 37.4 Å². The molecule has 152 valence electrons. The van der Waals surface area contributed by atoms with Gasteiger partial charge in [0.1, 0.15) is 6.54 Å². The fourth-order valence-electron chi connectivity index (χ4n) is 2.97. The lowest BCUT2D eigenvalue weighted by molar-refractivity contribution is 0.376. The first-order chi connectivity index (χ1) is 13.2. The van der Waals surface area contributed by atoms with Crippen LogP contribution in [0.15, 0.2) is 52.1 Å². The maximum atomic E-state index is 5.35. The van der Waals surface area contributed by atoms with Crippen molar-refractivity contribution in [3.8, 4) is 0 Å². The van der Waals surface area contributed by atoms with Gasteiger partial charge in [0.15, 0.2) is 11.7 Å². The second kappa shape index (κ2) is 11.1. The van der Waals surface area contributed by atoms with Crippen molar-refractivity contribution < 1.29 is 4.52 Å². The number of benzene rings is 1. The monoisotopic (exact) mass is 495 g/mol. The molecular formula is C21H30IN5O. The lowest BCUT2D eigenvalue weighted by atomic mass is 10.1. The number of rotatable bonds is 8. The zero-order chi connectivity index (χ0) is 19.1. The van der Waals surface area contributed by atoms with E-state index in [0.29, 0.717) is 12.5 Å². The zero-order valence-corrected chi connectivity index (χ0v) is 19.1. The highest BCUT2D eigenvalue weighted by Crippen LogP contribution is 2.15. The number of aryl methyl sites for hydroxylation is 1. The van der Waals surface area contributed by atoms with Crippen molar-refractivity contribution >= 4 is 40.8 Å². The van der Waals surface area contributed by atoms with Gasteiger partial charge in [-0.05, 0) is 36.8 Å². The van der Waals surface area contributed by atoms with Crippen LogP contribution in [0.5, 0.6) is 0 Å². The number of halogens is 1. The number of nitrogens with one attached hydrogen (secondary N) is 2. The van der Waals surface area contributed by atoms with Gasteiger partial charge in [-0.25, -0.2) is 4.99 Å². The molecule has 2 aromatic heterocycles. The minimum Gasteiger partial charge on any atom is -0.359 e. The Morgan fingerprint density at radius 1 is 1.21 bits per heavy atom. The number of hydrogen-bond donors (Lipinski definition) is 2. The molecule has 0 saturated carbocycles. The van der Waals surface area contributed by atoms with E-state index in [-0.39, 0.29) is 24.0 Å². The summed E-state index contributed by atoms with van der Waals surface area (Å²) in [6.07, 6.45) is 3.17. The number of para-hydroxylation sites is 1. The van der Waals surface area contributed by atoms with Gasteiger partial charge >= 0.3 is 0 Å². The Hall–Kier alpha value is -2.03. The molecule has 7 heteroatoms. The summed E-state index contributed by atoms with van der Waals surface area (Å²) in [6, 6.07) is 12.6. The Bertz CT molecular complexity index is 884. The van der Waals surface area contributed by atoms with Crippen LogP contribution < -0.4 is 10.6 Å². The average molecular weight is 495 g/mol. The third-order valence-corrected chi connectivity index (χ3v) is 4.45. The van der Waals surface area contributed by atoms with Crippen LogP contribution in [0, 0.1) is 0 Å². The summed E-state index contributed by atoms with van der Waals surface area (Å²) < 4.78 is 7.65. The molecule has 0 aliphatic rings. The fraction of sp³-hybridized carbons (Fsp3) is 0.429. The van der Waals surface area contributed by atoms with Gasteiger partial charge in [0.05, 0.1) is 5.69 Å². The van der Waals surface area contributed by atoms with Crippen LogP contribution >= 0.6 is 24.0 Å². The third kappa shape index (κ3) is 5.98. The molecule has 0 fully saturated rings. The van der Waals surface area contributed by atoms with Crippen molar-refractivity contribution in [2.45, 2.75) is 46.2 Å². The SMILES string of the molecule is CCNC(=NCc1cc(C(C)C)no1)NCCCn1ccc2ccccc21.I. The van der Waals surface area contributed by atoms with Crippen molar-refractivity contribution in [1.29, 1.82) is 0 Å². The largest absolute Gasteiger partial charge is 0.359 e. The first-order valence-electron chi connectivity index (χ1n) is 9.69. The average Bonchev–Trinajstić information content (AvgIpc) is 3.30. The summed E-state index contributed by atoms with van der Waals surface area (Å²) in [5, 5.41) is 12.0. The van der Waals surface area contributed by atoms with Crippen LogP contribution in [0.1, 0.15) is 44.6 Å². The zero-order valence-electron chi connectivity index (χ0n) is 16.8. The molecule has 0 spiro atoms. The molecule has 3 rings (SSSR count). The molecule has 0 saturated heterocycles. The number of fused-ring (bicyclic) bond motifs is 1. The van der Waals surface area contributed by atoms with Crippen molar-refractivity contribution in [3.63, 3.8) is 0 Å². The Morgan fingerprint density at radius 2 is 2.04 bits per heavy atom. The Balaban J connectivity index is 0.00000280. The predicted octanol–water partition coefficient (Wildman–Crippen LogP) is 4.52. The molecule has 0 aliphatic heterocycles. The van der Waals surface area contributed by atoms with Gasteiger partial charge in [-0.2, -0.15) is 0 Å². The van der Waals surface area contributed by atoms with E-state index in [2.05, 4.69) is 82.6 Å². The maximum Gasteiger partial charge on any atom is 0.191 e. The van der Waals surface area contributed by atoms with E-state index >= 15 is 0 Å². The normalized spacial score (nSPS) is 11.6. The van der Waals surface area contributed by atoms with Crippen LogP contribution in [0.2, 0.25) is 0 Å². The molecule has 28 heavy (non-hydrogen) atoms. The predicted molar refractivity (Wildman–Crippen MR) is 125 cm³/mol. The molecule has 0 aliphatic carbocycles. The van der Waals surface area contributed by atoms with E-state index < -0.39 is 0 Å². The second-order valence-electron chi connectivity index (χ2n) is 6.92. The molecule has 0 unspecified atom stereocenters. The number of guanidine groups is 1. The van der Waals surface area contributed by atoms with Crippen LogP contribution in [-0.2, 0) is 13.1 Å². The topological polar surface area (TPSA) is 67.4 Å². The lowest BCUT2D eigenvalue weighted by Gasteiger charge is -2.11.